The van der Waals surface area contributed by atoms with Gasteiger partial charge in [0.1, 0.15) is 0 Å². The maximum absolute atomic E-state index is 11.9. The van der Waals surface area contributed by atoms with Gasteiger partial charge in [-0.2, -0.15) is 12.8 Å². The van der Waals surface area contributed by atoms with Gasteiger partial charge in [-0.1, -0.05) is 58.8 Å². The van der Waals surface area contributed by atoms with Gasteiger partial charge in [-0.25, -0.2) is 4.79 Å². The van der Waals surface area contributed by atoms with Crippen LogP contribution in [-0.4, -0.2) is 30.3 Å². The van der Waals surface area contributed by atoms with Crippen molar-refractivity contribution in [3.8, 4) is 0 Å². The quantitative estimate of drug-likeness (QED) is 0.257. The molecule has 2 atom stereocenters. The van der Waals surface area contributed by atoms with Crippen molar-refractivity contribution in [2.24, 2.45) is 0 Å². The standard InChI is InChI=1S/C20H41N2O2.C3H7.Cr/c1-7-9-10-11-12-13-14-15-16-24-18(8-2)17(3)21-19(23)22-20(4,5)6;1-3-2;/h17-18H,2,7-16H2,1,3-6H3,(H2,21,22,23);1,3H2,2H3;/q2*-1;+2. The van der Waals surface area contributed by atoms with Crippen LogP contribution in [0, 0.1) is 13.8 Å². The Hall–Kier alpha value is -0.238. The summed E-state index contributed by atoms with van der Waals surface area (Å²) in [5.74, 6) is 0. The van der Waals surface area contributed by atoms with Gasteiger partial charge in [0.2, 0.25) is 0 Å². The fourth-order valence-electron chi connectivity index (χ4n) is 2.62. The number of nitrogens with one attached hydrogen (secondary N) is 2. The molecule has 0 aliphatic carbocycles. The molecule has 0 saturated heterocycles. The molecule has 0 aromatic carbocycles. The Kier molecular flexibility index (Phi) is 24.9. The van der Waals surface area contributed by atoms with Crippen molar-refractivity contribution in [1.82, 2.24) is 10.6 Å². The molecule has 2 unspecified atom stereocenters. The summed E-state index contributed by atoms with van der Waals surface area (Å²) in [6, 6.07) is -0.192. The molecule has 28 heavy (non-hydrogen) atoms. The maximum atomic E-state index is 11.9. The molecule has 0 heterocycles. The Morgan fingerprint density at radius 3 is 1.86 bits per heavy atom. The number of rotatable bonds is 13. The second kappa shape index (κ2) is 21.5. The summed E-state index contributed by atoms with van der Waals surface area (Å²) in [5.41, 5.74) is -0.234. The zero-order valence-corrected chi connectivity index (χ0v) is 20.8. The van der Waals surface area contributed by atoms with Crippen LogP contribution < -0.4 is 10.6 Å². The average Bonchev–Trinajstić information content (AvgIpc) is 2.55. The largest absolute Gasteiger partial charge is 2.00 e. The molecular weight excluding hydrogens is 388 g/mol. The first-order chi connectivity index (χ1) is 12.7. The molecule has 0 fully saturated rings. The summed E-state index contributed by atoms with van der Waals surface area (Å²) in [6.07, 6.45) is 12.0. The smallest absolute Gasteiger partial charge is 0.379 e. The van der Waals surface area contributed by atoms with Crippen LogP contribution in [0.5, 0.6) is 0 Å². The molecule has 0 saturated carbocycles. The van der Waals surface area contributed by atoms with Crippen molar-refractivity contribution in [2.45, 2.75) is 123 Å². The molecule has 0 aromatic rings. The Bertz CT molecular complexity index is 333. The average molecular weight is 437 g/mol. The van der Waals surface area contributed by atoms with Gasteiger partial charge >= 0.3 is 23.4 Å². The molecule has 0 aromatic heterocycles. The van der Waals surface area contributed by atoms with E-state index >= 15 is 0 Å². The molecule has 0 aliphatic rings. The third-order valence-electron chi connectivity index (χ3n) is 4.02. The number of carbonyl (C=O) groups excluding carboxylic acids is 1. The van der Waals surface area contributed by atoms with Crippen LogP contribution in [0.15, 0.2) is 0 Å². The monoisotopic (exact) mass is 436 g/mol. The molecule has 2 amide bonds. The van der Waals surface area contributed by atoms with Crippen LogP contribution in [-0.2, 0) is 22.1 Å². The fraction of sp³-hybridized carbons (Fsp3) is 0.870. The number of hydrogen-bond acceptors (Lipinski definition) is 2. The molecule has 2 N–H and O–H groups in total. The fourth-order valence-corrected chi connectivity index (χ4v) is 2.62. The summed E-state index contributed by atoms with van der Waals surface area (Å²) in [4.78, 5) is 11.9. The minimum atomic E-state index is -0.234. The van der Waals surface area contributed by atoms with E-state index in [0.29, 0.717) is 6.42 Å². The number of amides is 2. The summed E-state index contributed by atoms with van der Waals surface area (Å²) < 4.78 is 5.92. The minimum absolute atomic E-state index is 0. The van der Waals surface area contributed by atoms with Crippen molar-refractivity contribution in [3.05, 3.63) is 13.8 Å². The van der Waals surface area contributed by atoms with E-state index in [4.69, 9.17) is 4.74 Å². The number of ether oxygens (including phenoxy) is 1. The van der Waals surface area contributed by atoms with Gasteiger partial charge in [-0.05, 0) is 34.1 Å². The maximum Gasteiger partial charge on any atom is 2.00 e. The van der Waals surface area contributed by atoms with Crippen LogP contribution >= 0.6 is 0 Å². The van der Waals surface area contributed by atoms with E-state index in [-0.39, 0.29) is 41.1 Å². The second-order valence-electron chi connectivity index (χ2n) is 8.31. The van der Waals surface area contributed by atoms with Gasteiger partial charge in [0.15, 0.2) is 0 Å². The zero-order chi connectivity index (χ0) is 21.1. The molecule has 4 nitrogen and oxygen atoms in total. The third kappa shape index (κ3) is 23.8. The van der Waals surface area contributed by atoms with E-state index in [1.807, 2.05) is 34.6 Å². The normalized spacial score (nSPS) is 12.9. The second-order valence-corrected chi connectivity index (χ2v) is 8.31. The number of unbranched alkanes of at least 4 members (excludes halogenated alkanes) is 7. The van der Waals surface area contributed by atoms with Crippen molar-refractivity contribution in [1.29, 1.82) is 0 Å². The molecule has 0 rings (SSSR count). The topological polar surface area (TPSA) is 50.4 Å². The first-order valence-corrected chi connectivity index (χ1v) is 11.0. The predicted octanol–water partition coefficient (Wildman–Crippen LogP) is 6.45. The van der Waals surface area contributed by atoms with Crippen molar-refractivity contribution >= 4 is 6.03 Å². The summed E-state index contributed by atoms with van der Waals surface area (Å²) in [7, 11) is 0. The Labute approximate surface area is 187 Å². The Balaban J connectivity index is -0.00000146. The van der Waals surface area contributed by atoms with Gasteiger partial charge < -0.3 is 29.2 Å². The number of carbonyl (C=O) groups is 1. The van der Waals surface area contributed by atoms with E-state index < -0.39 is 0 Å². The minimum Gasteiger partial charge on any atom is -0.379 e. The predicted molar refractivity (Wildman–Crippen MR) is 119 cm³/mol. The number of hydrogen-bond donors (Lipinski definition) is 2. The van der Waals surface area contributed by atoms with Crippen LogP contribution in [0.2, 0.25) is 0 Å². The molecular formula is C23H48CrN2O2. The van der Waals surface area contributed by atoms with E-state index in [2.05, 4.69) is 31.4 Å². The third-order valence-corrected chi connectivity index (χ3v) is 4.02. The van der Waals surface area contributed by atoms with E-state index in [9.17, 15) is 4.79 Å². The molecule has 0 spiro atoms. The van der Waals surface area contributed by atoms with Crippen molar-refractivity contribution in [3.63, 3.8) is 0 Å². The van der Waals surface area contributed by atoms with Gasteiger partial charge in [0.05, 0.1) is 12.1 Å². The Morgan fingerprint density at radius 2 is 1.43 bits per heavy atom. The van der Waals surface area contributed by atoms with Crippen LogP contribution in [0.4, 0.5) is 4.79 Å². The van der Waals surface area contributed by atoms with Gasteiger partial charge in [0.25, 0.3) is 0 Å². The van der Waals surface area contributed by atoms with E-state index in [1.54, 1.807) is 0 Å². The van der Waals surface area contributed by atoms with Gasteiger partial charge in [-0.15, -0.1) is 0 Å². The summed E-state index contributed by atoms with van der Waals surface area (Å²) in [6.45, 7) is 20.3. The molecule has 0 bridgehead atoms. The van der Waals surface area contributed by atoms with Crippen LogP contribution in [0.3, 0.4) is 0 Å². The Morgan fingerprint density at radius 1 is 0.964 bits per heavy atom. The summed E-state index contributed by atoms with van der Waals surface area (Å²) >= 11 is 0. The van der Waals surface area contributed by atoms with Crippen molar-refractivity contribution in [2.75, 3.05) is 6.61 Å². The van der Waals surface area contributed by atoms with E-state index in [0.717, 1.165) is 19.4 Å². The van der Waals surface area contributed by atoms with Crippen molar-refractivity contribution < 1.29 is 26.9 Å². The van der Waals surface area contributed by atoms with Gasteiger partial charge in [-0.3, -0.25) is 0 Å². The SMILES string of the molecule is [CH2-]CC.[CH2-]CC(OCCCCCCCCCC)C(C)NC(=O)NC(C)(C)C.[Cr+2]. The molecule has 0 aliphatic heterocycles. The molecule has 5 heteroatoms. The van der Waals surface area contributed by atoms with Crippen LogP contribution in [0.1, 0.15) is 106 Å². The summed E-state index contributed by atoms with van der Waals surface area (Å²) in [5, 5.41) is 5.86. The first kappa shape index (κ1) is 32.4. The molecule has 168 valence electrons. The van der Waals surface area contributed by atoms with Gasteiger partial charge in [0, 0.05) is 12.1 Å². The van der Waals surface area contributed by atoms with Crippen LogP contribution in [0.25, 0.3) is 0 Å². The molecule has 0 radical (unpaired) electrons. The van der Waals surface area contributed by atoms with E-state index in [1.165, 1.54) is 44.9 Å². The first-order valence-electron chi connectivity index (χ1n) is 11.0. The number of urea groups is 1. The zero-order valence-electron chi connectivity index (χ0n) is 19.6.